The number of aryl methyl sites for hydroxylation is 1. The number of rotatable bonds is 1. The first kappa shape index (κ1) is 14.8. The zero-order valence-corrected chi connectivity index (χ0v) is 14.7. The number of carbonyl (C=O) groups excluding carboxylic acids is 2. The van der Waals surface area contributed by atoms with Crippen molar-refractivity contribution in [2.45, 2.75) is 11.8 Å². The minimum Gasteiger partial charge on any atom is -0.323 e. The first-order chi connectivity index (χ1) is 11.0. The Morgan fingerprint density at radius 1 is 1.17 bits per heavy atom. The molecule has 2 aromatic carbocycles. The van der Waals surface area contributed by atoms with E-state index in [1.807, 2.05) is 49.4 Å². The number of amides is 2. The van der Waals surface area contributed by atoms with E-state index in [4.69, 9.17) is 0 Å². The van der Waals surface area contributed by atoms with Crippen LogP contribution in [0.1, 0.15) is 11.1 Å². The number of hydrogen-bond acceptors (Lipinski definition) is 3. The summed E-state index contributed by atoms with van der Waals surface area (Å²) in [5, 5.41) is 2.91. The predicted molar refractivity (Wildman–Crippen MR) is 95.6 cm³/mol. The van der Waals surface area contributed by atoms with Crippen molar-refractivity contribution < 1.29 is 9.59 Å². The van der Waals surface area contributed by atoms with Crippen LogP contribution in [0, 0.1) is 6.92 Å². The monoisotopic (exact) mass is 388 g/mol. The lowest BCUT2D eigenvalue weighted by Gasteiger charge is -2.32. The summed E-state index contributed by atoms with van der Waals surface area (Å²) in [5.74, 6) is 0.0663. The quantitative estimate of drug-likeness (QED) is 0.810. The number of halogens is 1. The summed E-state index contributed by atoms with van der Waals surface area (Å²) in [4.78, 5) is 26.0. The van der Waals surface area contributed by atoms with Crippen molar-refractivity contribution in [1.29, 1.82) is 0 Å². The molecule has 2 aliphatic rings. The van der Waals surface area contributed by atoms with Crippen LogP contribution >= 0.6 is 27.7 Å². The second kappa shape index (κ2) is 5.11. The summed E-state index contributed by atoms with van der Waals surface area (Å²) >= 11 is 4.83. The fourth-order valence-electron chi connectivity index (χ4n) is 3.09. The number of nitrogens with one attached hydrogen (secondary N) is 1. The van der Waals surface area contributed by atoms with E-state index in [-0.39, 0.29) is 17.6 Å². The van der Waals surface area contributed by atoms with Crippen LogP contribution < -0.4 is 10.2 Å². The van der Waals surface area contributed by atoms with E-state index >= 15 is 0 Å². The van der Waals surface area contributed by atoms with E-state index in [0.29, 0.717) is 0 Å². The molecule has 1 atom stereocenters. The third kappa shape index (κ3) is 2.05. The van der Waals surface area contributed by atoms with Crippen LogP contribution in [0.3, 0.4) is 0 Å². The molecule has 0 unspecified atom stereocenters. The Balaban J connectivity index is 1.93. The van der Waals surface area contributed by atoms with Gasteiger partial charge in [0, 0.05) is 21.4 Å². The largest absolute Gasteiger partial charge is 0.323 e. The Bertz CT molecular complexity index is 837. The molecule has 0 radical (unpaired) electrons. The highest BCUT2D eigenvalue weighted by atomic mass is 79.9. The van der Waals surface area contributed by atoms with Gasteiger partial charge in [-0.2, -0.15) is 0 Å². The summed E-state index contributed by atoms with van der Waals surface area (Å²) in [6.45, 7) is 1.99. The molecular weight excluding hydrogens is 376 g/mol. The summed E-state index contributed by atoms with van der Waals surface area (Å²) in [7, 11) is 0. The Hall–Kier alpha value is -1.79. The van der Waals surface area contributed by atoms with E-state index in [0.717, 1.165) is 27.0 Å². The molecule has 116 valence electrons. The molecule has 0 saturated carbocycles. The number of benzene rings is 2. The molecule has 6 heteroatoms. The number of thioether (sulfide) groups is 1. The molecule has 2 aromatic rings. The molecule has 4 nitrogen and oxygen atoms in total. The van der Waals surface area contributed by atoms with Gasteiger partial charge in [-0.05, 0) is 37.3 Å². The SMILES string of the molecule is Cc1ccc(N2C(=O)CS[C@@]23C(=O)Nc2ccc(Br)cc23)cc1. The number of anilines is 2. The van der Waals surface area contributed by atoms with Crippen molar-refractivity contribution in [3.63, 3.8) is 0 Å². The Morgan fingerprint density at radius 2 is 1.91 bits per heavy atom. The summed E-state index contributed by atoms with van der Waals surface area (Å²) in [6.07, 6.45) is 0. The lowest BCUT2D eigenvalue weighted by Crippen LogP contribution is -2.47. The van der Waals surface area contributed by atoms with Gasteiger partial charge in [-0.15, -0.1) is 11.8 Å². The van der Waals surface area contributed by atoms with Crippen molar-refractivity contribution in [3.8, 4) is 0 Å². The van der Waals surface area contributed by atoms with Crippen LogP contribution in [-0.4, -0.2) is 17.6 Å². The summed E-state index contributed by atoms with van der Waals surface area (Å²) in [5.41, 5.74) is 3.44. The average molecular weight is 389 g/mol. The lowest BCUT2D eigenvalue weighted by molar-refractivity contribution is -0.122. The highest BCUT2D eigenvalue weighted by molar-refractivity contribution is 9.10. The Labute approximate surface area is 146 Å². The molecule has 1 N–H and O–H groups in total. The van der Waals surface area contributed by atoms with Crippen molar-refractivity contribution >= 4 is 50.9 Å². The van der Waals surface area contributed by atoms with Gasteiger partial charge in [0.1, 0.15) is 0 Å². The van der Waals surface area contributed by atoms with E-state index in [1.54, 1.807) is 4.90 Å². The van der Waals surface area contributed by atoms with Gasteiger partial charge in [-0.25, -0.2) is 0 Å². The third-order valence-corrected chi connectivity index (χ3v) is 6.05. The molecule has 1 fully saturated rings. The van der Waals surface area contributed by atoms with Gasteiger partial charge in [0.05, 0.1) is 5.75 Å². The fourth-order valence-corrected chi connectivity index (χ4v) is 4.76. The van der Waals surface area contributed by atoms with Crippen molar-refractivity contribution in [1.82, 2.24) is 0 Å². The van der Waals surface area contributed by atoms with Gasteiger partial charge in [0.25, 0.3) is 5.91 Å². The minimum atomic E-state index is -1.02. The molecule has 2 heterocycles. The van der Waals surface area contributed by atoms with Crippen LogP contribution in [0.4, 0.5) is 11.4 Å². The van der Waals surface area contributed by atoms with Crippen molar-refractivity contribution in [3.05, 3.63) is 58.1 Å². The van der Waals surface area contributed by atoms with Crippen molar-refractivity contribution in [2.24, 2.45) is 0 Å². The normalized spacial score (nSPS) is 22.6. The minimum absolute atomic E-state index is 0.0539. The molecule has 1 saturated heterocycles. The number of nitrogens with zero attached hydrogens (tertiary/aromatic N) is 1. The topological polar surface area (TPSA) is 49.4 Å². The molecule has 0 bridgehead atoms. The zero-order valence-electron chi connectivity index (χ0n) is 12.3. The van der Waals surface area contributed by atoms with Crippen LogP contribution in [0.2, 0.25) is 0 Å². The molecule has 23 heavy (non-hydrogen) atoms. The molecule has 2 aliphatic heterocycles. The lowest BCUT2D eigenvalue weighted by atomic mass is 10.0. The maximum absolute atomic E-state index is 12.8. The molecule has 1 spiro atoms. The Kier molecular flexibility index (Phi) is 3.28. The predicted octanol–water partition coefficient (Wildman–Crippen LogP) is 3.64. The van der Waals surface area contributed by atoms with Crippen LogP contribution in [-0.2, 0) is 14.5 Å². The van der Waals surface area contributed by atoms with Crippen LogP contribution in [0.5, 0.6) is 0 Å². The summed E-state index contributed by atoms with van der Waals surface area (Å²) in [6, 6.07) is 13.4. The molecule has 0 aliphatic carbocycles. The molecule has 2 amide bonds. The standard InChI is InChI=1S/C17H13BrN2O2S/c1-10-2-5-12(6-3-10)20-15(21)9-23-17(20)13-8-11(18)4-7-14(13)19-16(17)22/h2-8H,9H2,1H3,(H,19,22)/t17-/m0/s1. The van der Waals surface area contributed by atoms with E-state index in [9.17, 15) is 9.59 Å². The second-order valence-corrected chi connectivity index (χ2v) is 7.73. The van der Waals surface area contributed by atoms with E-state index in [2.05, 4.69) is 21.2 Å². The number of hydrogen-bond donors (Lipinski definition) is 1. The van der Waals surface area contributed by atoms with Crippen LogP contribution in [0.15, 0.2) is 46.9 Å². The number of carbonyl (C=O) groups is 2. The van der Waals surface area contributed by atoms with Gasteiger partial charge >= 0.3 is 0 Å². The molecule has 0 aromatic heterocycles. The second-order valence-electron chi connectivity index (χ2n) is 5.64. The summed E-state index contributed by atoms with van der Waals surface area (Å²) < 4.78 is 0.885. The van der Waals surface area contributed by atoms with Gasteiger partial charge in [0.15, 0.2) is 0 Å². The van der Waals surface area contributed by atoms with Crippen LogP contribution in [0.25, 0.3) is 0 Å². The van der Waals surface area contributed by atoms with Gasteiger partial charge in [-0.1, -0.05) is 33.6 Å². The van der Waals surface area contributed by atoms with Gasteiger partial charge < -0.3 is 5.32 Å². The maximum atomic E-state index is 12.8. The van der Waals surface area contributed by atoms with Crippen molar-refractivity contribution in [2.75, 3.05) is 16.0 Å². The first-order valence-electron chi connectivity index (χ1n) is 7.17. The highest BCUT2D eigenvalue weighted by Crippen LogP contribution is 2.54. The van der Waals surface area contributed by atoms with E-state index in [1.165, 1.54) is 11.8 Å². The maximum Gasteiger partial charge on any atom is 0.266 e. The molecular formula is C17H13BrN2O2S. The number of fused-ring (bicyclic) bond motifs is 2. The molecule has 4 rings (SSSR count). The van der Waals surface area contributed by atoms with Gasteiger partial charge in [0.2, 0.25) is 10.8 Å². The fraction of sp³-hybridized carbons (Fsp3) is 0.176. The first-order valence-corrected chi connectivity index (χ1v) is 8.95. The average Bonchev–Trinajstić information content (AvgIpc) is 3.01. The third-order valence-electron chi connectivity index (χ3n) is 4.16. The smallest absolute Gasteiger partial charge is 0.266 e. The van der Waals surface area contributed by atoms with Gasteiger partial charge in [-0.3, -0.25) is 14.5 Å². The Morgan fingerprint density at radius 3 is 2.65 bits per heavy atom. The van der Waals surface area contributed by atoms with E-state index < -0.39 is 4.87 Å². The highest BCUT2D eigenvalue weighted by Gasteiger charge is 2.58. The zero-order chi connectivity index (χ0) is 16.2.